The number of anilines is 1. The van der Waals surface area contributed by atoms with Gasteiger partial charge in [0.1, 0.15) is 5.69 Å². The molecule has 5 nitrogen and oxygen atoms in total. The Morgan fingerprint density at radius 2 is 1.85 bits per heavy atom. The second-order valence-electron chi connectivity index (χ2n) is 6.52. The predicted octanol–water partition coefficient (Wildman–Crippen LogP) is 4.46. The fourth-order valence-electron chi connectivity index (χ4n) is 2.60. The first-order valence-corrected chi connectivity index (χ1v) is 8.78. The number of hydrogen-bond donors (Lipinski definition) is 3. The summed E-state index contributed by atoms with van der Waals surface area (Å²) in [4.78, 5) is 28.0. The van der Waals surface area contributed by atoms with Crippen LogP contribution in [0.15, 0.2) is 48.5 Å². The smallest absolute Gasteiger partial charge is 0.272 e. The summed E-state index contributed by atoms with van der Waals surface area (Å²) >= 11 is 5.99. The molecular weight excluding hydrogens is 350 g/mol. The third-order valence-corrected chi connectivity index (χ3v) is 4.15. The van der Waals surface area contributed by atoms with E-state index >= 15 is 0 Å². The maximum atomic E-state index is 12.6. The van der Waals surface area contributed by atoms with Gasteiger partial charge in [-0.1, -0.05) is 37.6 Å². The quantitative estimate of drug-likeness (QED) is 0.621. The zero-order valence-corrected chi connectivity index (χ0v) is 15.4. The highest BCUT2D eigenvalue weighted by Crippen LogP contribution is 2.21. The van der Waals surface area contributed by atoms with Gasteiger partial charge in [0.05, 0.1) is 11.3 Å². The summed E-state index contributed by atoms with van der Waals surface area (Å²) in [5, 5.41) is 7.13. The average Bonchev–Trinajstić information content (AvgIpc) is 3.03. The SMILES string of the molecule is CC(C)CNC(=O)c1ccccc1NC(=O)c1cc2cc(Cl)ccc2[nH]1. The monoisotopic (exact) mass is 369 g/mol. The molecule has 0 fully saturated rings. The van der Waals surface area contributed by atoms with Crippen molar-refractivity contribution in [2.24, 2.45) is 5.92 Å². The fourth-order valence-corrected chi connectivity index (χ4v) is 2.78. The summed E-state index contributed by atoms with van der Waals surface area (Å²) < 4.78 is 0. The Kier molecular flexibility index (Phi) is 5.28. The van der Waals surface area contributed by atoms with Crippen LogP contribution in [0, 0.1) is 5.92 Å². The molecule has 3 aromatic rings. The van der Waals surface area contributed by atoms with Gasteiger partial charge >= 0.3 is 0 Å². The van der Waals surface area contributed by atoms with Crippen molar-refractivity contribution >= 4 is 40.0 Å². The van der Waals surface area contributed by atoms with Crippen LogP contribution in [-0.2, 0) is 0 Å². The van der Waals surface area contributed by atoms with Crippen LogP contribution in [0.4, 0.5) is 5.69 Å². The van der Waals surface area contributed by atoms with Gasteiger partial charge in [0, 0.05) is 22.5 Å². The molecule has 0 spiro atoms. The third-order valence-electron chi connectivity index (χ3n) is 3.92. The lowest BCUT2D eigenvalue weighted by Gasteiger charge is -2.12. The van der Waals surface area contributed by atoms with Gasteiger partial charge in [0.2, 0.25) is 0 Å². The molecule has 1 aromatic heterocycles. The van der Waals surface area contributed by atoms with Crippen LogP contribution < -0.4 is 10.6 Å². The lowest BCUT2D eigenvalue weighted by molar-refractivity contribution is 0.0950. The Bertz CT molecular complexity index is 963. The van der Waals surface area contributed by atoms with Crippen molar-refractivity contribution in [3.63, 3.8) is 0 Å². The molecule has 0 atom stereocenters. The minimum absolute atomic E-state index is 0.210. The number of halogens is 1. The number of aromatic amines is 1. The van der Waals surface area contributed by atoms with Crippen molar-refractivity contribution < 1.29 is 9.59 Å². The summed E-state index contributed by atoms with van der Waals surface area (Å²) in [7, 11) is 0. The van der Waals surface area contributed by atoms with Crippen LogP contribution in [-0.4, -0.2) is 23.3 Å². The van der Waals surface area contributed by atoms with Crippen molar-refractivity contribution in [2.45, 2.75) is 13.8 Å². The van der Waals surface area contributed by atoms with Gasteiger partial charge in [-0.05, 0) is 42.3 Å². The number of carbonyl (C=O) groups excluding carboxylic acids is 2. The highest BCUT2D eigenvalue weighted by molar-refractivity contribution is 6.31. The standard InChI is InChI=1S/C20H20ClN3O2/c1-12(2)11-22-19(25)15-5-3-4-6-17(15)24-20(26)18-10-13-9-14(21)7-8-16(13)23-18/h3-10,12,23H,11H2,1-2H3,(H,22,25)(H,24,26). The number of fused-ring (bicyclic) bond motifs is 1. The highest BCUT2D eigenvalue weighted by atomic mass is 35.5. The lowest BCUT2D eigenvalue weighted by atomic mass is 10.1. The Morgan fingerprint density at radius 1 is 1.08 bits per heavy atom. The minimum Gasteiger partial charge on any atom is -0.352 e. The van der Waals surface area contributed by atoms with E-state index in [0.29, 0.717) is 34.4 Å². The van der Waals surface area contributed by atoms with Gasteiger partial charge in [0.25, 0.3) is 11.8 Å². The van der Waals surface area contributed by atoms with E-state index in [1.807, 2.05) is 19.9 Å². The van der Waals surface area contributed by atoms with Crippen molar-refractivity contribution in [1.82, 2.24) is 10.3 Å². The first-order valence-electron chi connectivity index (χ1n) is 8.41. The highest BCUT2D eigenvalue weighted by Gasteiger charge is 2.15. The van der Waals surface area contributed by atoms with Gasteiger partial charge < -0.3 is 15.6 Å². The Morgan fingerprint density at radius 3 is 2.62 bits per heavy atom. The van der Waals surface area contributed by atoms with Crippen LogP contribution >= 0.6 is 11.6 Å². The molecule has 0 aliphatic heterocycles. The molecule has 134 valence electrons. The molecule has 0 aliphatic carbocycles. The van der Waals surface area contributed by atoms with E-state index in [4.69, 9.17) is 11.6 Å². The number of nitrogens with one attached hydrogen (secondary N) is 3. The van der Waals surface area contributed by atoms with E-state index in [1.54, 1.807) is 42.5 Å². The van der Waals surface area contributed by atoms with Gasteiger partial charge in [-0.15, -0.1) is 0 Å². The molecule has 26 heavy (non-hydrogen) atoms. The maximum Gasteiger partial charge on any atom is 0.272 e. The maximum absolute atomic E-state index is 12.6. The summed E-state index contributed by atoms with van der Waals surface area (Å²) in [6.45, 7) is 4.62. The normalized spacial score (nSPS) is 10.9. The van der Waals surface area contributed by atoms with E-state index in [9.17, 15) is 9.59 Å². The van der Waals surface area contributed by atoms with Crippen LogP contribution in [0.3, 0.4) is 0 Å². The van der Waals surface area contributed by atoms with Crippen LogP contribution in [0.25, 0.3) is 10.9 Å². The van der Waals surface area contributed by atoms with Gasteiger partial charge in [-0.2, -0.15) is 0 Å². The summed E-state index contributed by atoms with van der Waals surface area (Å²) in [6.07, 6.45) is 0. The molecular formula is C20H20ClN3O2. The molecule has 0 aliphatic rings. The summed E-state index contributed by atoms with van der Waals surface area (Å²) in [5.41, 5.74) is 2.12. The van der Waals surface area contributed by atoms with E-state index in [1.165, 1.54) is 0 Å². The van der Waals surface area contributed by atoms with E-state index in [0.717, 1.165) is 10.9 Å². The Hall–Kier alpha value is -2.79. The molecule has 6 heteroatoms. The van der Waals surface area contributed by atoms with Gasteiger partial charge in [0.15, 0.2) is 0 Å². The zero-order chi connectivity index (χ0) is 18.7. The third kappa shape index (κ3) is 4.06. The zero-order valence-electron chi connectivity index (χ0n) is 14.6. The molecule has 2 amide bonds. The largest absolute Gasteiger partial charge is 0.352 e. The van der Waals surface area contributed by atoms with Crippen molar-refractivity contribution in [3.05, 3.63) is 64.8 Å². The van der Waals surface area contributed by atoms with Gasteiger partial charge in [-0.25, -0.2) is 0 Å². The molecule has 0 saturated carbocycles. The molecule has 3 N–H and O–H groups in total. The number of amides is 2. The van der Waals surface area contributed by atoms with Crippen LogP contribution in [0.1, 0.15) is 34.7 Å². The first-order chi connectivity index (χ1) is 12.4. The predicted molar refractivity (Wildman–Crippen MR) is 105 cm³/mol. The average molecular weight is 370 g/mol. The second kappa shape index (κ2) is 7.62. The Labute approximate surface area is 156 Å². The molecule has 0 unspecified atom stereocenters. The minimum atomic E-state index is -0.318. The number of H-pyrrole nitrogens is 1. The van der Waals surface area contributed by atoms with Gasteiger partial charge in [-0.3, -0.25) is 9.59 Å². The Balaban J connectivity index is 1.81. The number of carbonyl (C=O) groups is 2. The van der Waals surface area contributed by atoms with E-state index < -0.39 is 0 Å². The molecule has 0 bridgehead atoms. The number of benzene rings is 2. The lowest BCUT2D eigenvalue weighted by Crippen LogP contribution is -2.28. The van der Waals surface area contributed by atoms with Crippen molar-refractivity contribution in [1.29, 1.82) is 0 Å². The van der Waals surface area contributed by atoms with Crippen LogP contribution in [0.5, 0.6) is 0 Å². The number of para-hydroxylation sites is 1. The van der Waals surface area contributed by atoms with Crippen LogP contribution in [0.2, 0.25) is 5.02 Å². The molecule has 3 rings (SSSR count). The number of aromatic nitrogens is 1. The van der Waals surface area contributed by atoms with E-state index in [-0.39, 0.29) is 11.8 Å². The molecule has 2 aromatic carbocycles. The topological polar surface area (TPSA) is 74.0 Å². The van der Waals surface area contributed by atoms with Crippen molar-refractivity contribution in [3.8, 4) is 0 Å². The molecule has 1 heterocycles. The molecule has 0 radical (unpaired) electrons. The fraction of sp³-hybridized carbons (Fsp3) is 0.200. The number of hydrogen-bond acceptors (Lipinski definition) is 2. The summed E-state index contributed by atoms with van der Waals surface area (Å²) in [5.74, 6) is -0.182. The summed E-state index contributed by atoms with van der Waals surface area (Å²) in [6, 6.07) is 14.1. The van der Waals surface area contributed by atoms with E-state index in [2.05, 4.69) is 15.6 Å². The molecule has 0 saturated heterocycles. The number of rotatable bonds is 5. The van der Waals surface area contributed by atoms with Crippen molar-refractivity contribution in [2.75, 3.05) is 11.9 Å². The first kappa shape index (κ1) is 18.0. The second-order valence-corrected chi connectivity index (χ2v) is 6.95.